The Labute approximate surface area is 186 Å². The van der Waals surface area contributed by atoms with Crippen LogP contribution in [0.3, 0.4) is 0 Å². The zero-order valence-corrected chi connectivity index (χ0v) is 18.2. The zero-order chi connectivity index (χ0) is 20.3. The van der Waals surface area contributed by atoms with Crippen LogP contribution in [-0.2, 0) is 6.54 Å². The van der Waals surface area contributed by atoms with Crippen LogP contribution in [0.15, 0.2) is 36.4 Å². The van der Waals surface area contributed by atoms with Crippen molar-refractivity contribution in [2.24, 2.45) is 0 Å². The summed E-state index contributed by atoms with van der Waals surface area (Å²) in [6, 6.07) is 10.1. The molecule has 2 aromatic rings. The average molecular weight is 461 g/mol. The number of benzene rings is 2. The van der Waals surface area contributed by atoms with Crippen molar-refractivity contribution in [1.82, 2.24) is 10.2 Å². The molecule has 0 aromatic heterocycles. The van der Waals surface area contributed by atoms with Gasteiger partial charge in [0.1, 0.15) is 0 Å². The van der Waals surface area contributed by atoms with Gasteiger partial charge in [-0.25, -0.2) is 4.79 Å². The minimum atomic E-state index is -0.702. The lowest BCUT2D eigenvalue weighted by Crippen LogP contribution is -2.42. The fraction of sp³-hybridized carbons (Fsp3) is 0.350. The summed E-state index contributed by atoms with van der Waals surface area (Å²) in [5, 5.41) is 24.7. The van der Waals surface area contributed by atoms with Crippen LogP contribution in [0.25, 0.3) is 0 Å². The number of carbonyl (C=O) groups is 1. The summed E-state index contributed by atoms with van der Waals surface area (Å²) in [5.74, 6) is 0.0670. The summed E-state index contributed by atoms with van der Waals surface area (Å²) in [6.07, 6.45) is 0. The van der Waals surface area contributed by atoms with Crippen molar-refractivity contribution in [2.75, 3.05) is 32.1 Å². The number of urea groups is 1. The average Bonchev–Trinajstić information content (AvgIpc) is 2.66. The van der Waals surface area contributed by atoms with Gasteiger partial charge in [-0.2, -0.15) is 0 Å². The summed E-state index contributed by atoms with van der Waals surface area (Å²) < 4.78 is 0. The Bertz CT molecular complexity index is 862. The fourth-order valence-electron chi connectivity index (χ4n) is 3.47. The third-order valence-corrected chi connectivity index (χ3v) is 5.37. The standard InChI is InChI=1S/C20H23Cl2N3O3.ClH/c1-25-8-17(16-6-13(21)7-19(22)18(16)9-25)12-3-2-4-14(5-12)23-20(28)24-15(10-26)11-27;/h2-7,15,17,26-27H,8-11H2,1H3,(H2,23,24,28);1H. The van der Waals surface area contributed by atoms with E-state index in [1.54, 1.807) is 12.1 Å². The molecule has 9 heteroatoms. The first-order valence-electron chi connectivity index (χ1n) is 8.96. The van der Waals surface area contributed by atoms with Crippen LogP contribution in [0.1, 0.15) is 22.6 Å². The summed E-state index contributed by atoms with van der Waals surface area (Å²) in [5.41, 5.74) is 3.81. The van der Waals surface area contributed by atoms with E-state index in [1.807, 2.05) is 31.3 Å². The lowest BCUT2D eigenvalue weighted by atomic mass is 9.84. The van der Waals surface area contributed by atoms with E-state index in [4.69, 9.17) is 33.4 Å². The van der Waals surface area contributed by atoms with Gasteiger partial charge in [0.15, 0.2) is 0 Å². The van der Waals surface area contributed by atoms with Gasteiger partial charge in [-0.15, -0.1) is 12.4 Å². The number of carbonyl (C=O) groups excluding carboxylic acids is 1. The second-order valence-electron chi connectivity index (χ2n) is 6.99. The molecule has 0 fully saturated rings. The van der Waals surface area contributed by atoms with E-state index >= 15 is 0 Å². The minimum absolute atomic E-state index is 0. The Morgan fingerprint density at radius 2 is 1.97 bits per heavy atom. The number of aliphatic hydroxyl groups is 2. The first-order valence-corrected chi connectivity index (χ1v) is 9.72. The highest BCUT2D eigenvalue weighted by Gasteiger charge is 2.27. The molecule has 0 spiro atoms. The molecule has 3 rings (SSSR count). The third kappa shape index (κ3) is 5.75. The van der Waals surface area contributed by atoms with Crippen LogP contribution in [0.2, 0.25) is 10.0 Å². The number of fused-ring (bicyclic) bond motifs is 1. The minimum Gasteiger partial charge on any atom is -0.394 e. The number of aliphatic hydroxyl groups excluding tert-OH is 2. The molecule has 0 aliphatic carbocycles. The highest BCUT2D eigenvalue weighted by molar-refractivity contribution is 6.35. The van der Waals surface area contributed by atoms with Crippen molar-refractivity contribution < 1.29 is 15.0 Å². The number of amides is 2. The Balaban J connectivity index is 0.00000300. The molecule has 0 saturated heterocycles. The summed E-state index contributed by atoms with van der Waals surface area (Å²) in [4.78, 5) is 14.3. The van der Waals surface area contributed by atoms with Crippen LogP contribution in [0, 0.1) is 0 Å². The number of anilines is 1. The van der Waals surface area contributed by atoms with E-state index in [0.717, 1.165) is 29.8 Å². The lowest BCUT2D eigenvalue weighted by Gasteiger charge is -2.33. The highest BCUT2D eigenvalue weighted by atomic mass is 35.5. The van der Waals surface area contributed by atoms with Gasteiger partial charge in [0.2, 0.25) is 0 Å². The number of hydrogen-bond acceptors (Lipinski definition) is 4. The molecule has 1 heterocycles. The topological polar surface area (TPSA) is 84.8 Å². The van der Waals surface area contributed by atoms with E-state index in [-0.39, 0.29) is 31.5 Å². The number of halogens is 3. The summed E-state index contributed by atoms with van der Waals surface area (Å²) >= 11 is 12.7. The number of nitrogens with zero attached hydrogens (tertiary/aromatic N) is 1. The van der Waals surface area contributed by atoms with E-state index in [0.29, 0.717) is 15.7 Å². The van der Waals surface area contributed by atoms with Gasteiger partial charge in [-0.1, -0.05) is 35.3 Å². The fourth-order valence-corrected chi connectivity index (χ4v) is 4.03. The molecule has 1 aliphatic heterocycles. The Morgan fingerprint density at radius 1 is 1.24 bits per heavy atom. The largest absolute Gasteiger partial charge is 0.394 e. The Morgan fingerprint density at radius 3 is 2.66 bits per heavy atom. The van der Waals surface area contributed by atoms with Gasteiger partial charge >= 0.3 is 6.03 Å². The van der Waals surface area contributed by atoms with Crippen molar-refractivity contribution in [1.29, 1.82) is 0 Å². The predicted molar refractivity (Wildman–Crippen MR) is 118 cm³/mol. The maximum absolute atomic E-state index is 12.1. The molecule has 1 aliphatic rings. The molecule has 1 unspecified atom stereocenters. The zero-order valence-electron chi connectivity index (χ0n) is 15.9. The second kappa shape index (κ2) is 10.5. The maximum Gasteiger partial charge on any atom is 0.319 e. The number of likely N-dealkylation sites (N-methyl/N-ethyl adjacent to an activating group) is 1. The van der Waals surface area contributed by atoms with Gasteiger partial charge in [0, 0.05) is 34.7 Å². The van der Waals surface area contributed by atoms with E-state index in [9.17, 15) is 4.79 Å². The molecule has 158 valence electrons. The number of rotatable bonds is 5. The molecular weight excluding hydrogens is 437 g/mol. The van der Waals surface area contributed by atoms with Gasteiger partial charge in [-0.05, 0) is 48.0 Å². The maximum atomic E-state index is 12.1. The molecule has 0 bridgehead atoms. The van der Waals surface area contributed by atoms with Crippen molar-refractivity contribution in [3.8, 4) is 0 Å². The van der Waals surface area contributed by atoms with Gasteiger partial charge in [0.05, 0.1) is 19.3 Å². The molecule has 29 heavy (non-hydrogen) atoms. The second-order valence-corrected chi connectivity index (χ2v) is 7.83. The molecule has 0 saturated carbocycles. The summed E-state index contributed by atoms with van der Waals surface area (Å²) in [7, 11) is 2.04. The smallest absolute Gasteiger partial charge is 0.319 e. The number of nitrogens with one attached hydrogen (secondary N) is 2. The van der Waals surface area contributed by atoms with Crippen molar-refractivity contribution in [2.45, 2.75) is 18.5 Å². The monoisotopic (exact) mass is 459 g/mol. The molecule has 1 atom stereocenters. The van der Waals surface area contributed by atoms with Gasteiger partial charge in [-0.3, -0.25) is 0 Å². The molecule has 2 amide bonds. The Kier molecular flexibility index (Phi) is 8.58. The highest BCUT2D eigenvalue weighted by Crippen LogP contribution is 2.38. The van der Waals surface area contributed by atoms with E-state index in [1.165, 1.54) is 0 Å². The van der Waals surface area contributed by atoms with Crippen molar-refractivity contribution in [3.05, 3.63) is 63.1 Å². The predicted octanol–water partition coefficient (Wildman–Crippen LogP) is 3.47. The van der Waals surface area contributed by atoms with Gasteiger partial charge < -0.3 is 25.7 Å². The van der Waals surface area contributed by atoms with Crippen LogP contribution in [0.4, 0.5) is 10.5 Å². The van der Waals surface area contributed by atoms with Gasteiger partial charge in [0.25, 0.3) is 0 Å². The number of hydrogen-bond donors (Lipinski definition) is 4. The molecule has 4 N–H and O–H groups in total. The van der Waals surface area contributed by atoms with E-state index < -0.39 is 12.1 Å². The van der Waals surface area contributed by atoms with Crippen LogP contribution in [0.5, 0.6) is 0 Å². The first-order chi connectivity index (χ1) is 13.4. The third-order valence-electron chi connectivity index (χ3n) is 4.82. The SMILES string of the molecule is CN1Cc2c(Cl)cc(Cl)cc2C(c2cccc(NC(=O)NC(CO)CO)c2)C1.Cl. The first kappa shape index (κ1) is 23.7. The molecular formula is C20H24Cl3N3O3. The molecule has 0 radical (unpaired) electrons. The normalized spacial score (nSPS) is 16.1. The van der Waals surface area contributed by atoms with Crippen LogP contribution < -0.4 is 10.6 Å². The van der Waals surface area contributed by atoms with E-state index in [2.05, 4.69) is 15.5 Å². The summed E-state index contributed by atoms with van der Waals surface area (Å²) in [6.45, 7) is 0.885. The van der Waals surface area contributed by atoms with Crippen molar-refractivity contribution in [3.63, 3.8) is 0 Å². The lowest BCUT2D eigenvalue weighted by molar-refractivity contribution is 0.172. The molecule has 2 aromatic carbocycles. The van der Waals surface area contributed by atoms with Crippen LogP contribution >= 0.6 is 35.6 Å². The van der Waals surface area contributed by atoms with Crippen molar-refractivity contribution >= 4 is 47.3 Å². The Hall–Kier alpha value is -1.54. The molecule has 6 nitrogen and oxygen atoms in total. The van der Waals surface area contributed by atoms with Crippen LogP contribution in [-0.4, -0.2) is 54.0 Å². The quantitative estimate of drug-likeness (QED) is 0.550.